The molecule has 0 N–H and O–H groups in total. The zero-order valence-corrected chi connectivity index (χ0v) is 14.5. The molecule has 0 aromatic carbocycles. The number of hydrogen-bond donors (Lipinski definition) is 0. The van der Waals surface area contributed by atoms with E-state index in [0.717, 1.165) is 57.8 Å². The van der Waals surface area contributed by atoms with Crippen LogP contribution in [0.2, 0.25) is 0 Å². The maximum absolute atomic E-state index is 12.9. The summed E-state index contributed by atoms with van der Waals surface area (Å²) in [5, 5.41) is -0.252. The molecule has 0 atom stereocenters. The Bertz CT molecular complexity index is 296. The molecule has 0 bridgehead atoms. The van der Waals surface area contributed by atoms with Crippen LogP contribution in [0.3, 0.4) is 0 Å². The Hall–Kier alpha value is -0.0500. The summed E-state index contributed by atoms with van der Waals surface area (Å²) in [6.45, 7) is 10.1. The van der Waals surface area contributed by atoms with E-state index in [1.165, 1.54) is 0 Å². The second kappa shape index (κ2) is 8.99. The highest BCUT2D eigenvalue weighted by molar-refractivity contribution is 7.93. The van der Waals surface area contributed by atoms with Crippen molar-refractivity contribution in [2.75, 3.05) is 0 Å². The predicted molar refractivity (Wildman–Crippen MR) is 85.4 cm³/mol. The van der Waals surface area contributed by atoms with Gasteiger partial charge in [-0.3, -0.25) is 0 Å². The van der Waals surface area contributed by atoms with Gasteiger partial charge >= 0.3 is 0 Å². The summed E-state index contributed by atoms with van der Waals surface area (Å²) in [6.07, 6.45) is 8.87. The molecule has 0 saturated heterocycles. The van der Waals surface area contributed by atoms with Crippen LogP contribution in [0.15, 0.2) is 0 Å². The van der Waals surface area contributed by atoms with Gasteiger partial charge in [0.2, 0.25) is 0 Å². The molecule has 0 aliphatic carbocycles. The van der Waals surface area contributed by atoms with Gasteiger partial charge < -0.3 is 0 Å². The third-order valence-corrected chi connectivity index (χ3v) is 7.24. The van der Waals surface area contributed by atoms with E-state index >= 15 is 0 Å². The van der Waals surface area contributed by atoms with E-state index in [2.05, 4.69) is 20.8 Å². The number of hydrogen-bond acceptors (Lipinski definition) is 2. The lowest BCUT2D eigenvalue weighted by Gasteiger charge is -2.35. The molecule has 0 aromatic heterocycles. The van der Waals surface area contributed by atoms with Gasteiger partial charge in [0.05, 0.1) is 10.00 Å². The van der Waals surface area contributed by atoms with Crippen molar-refractivity contribution < 1.29 is 8.42 Å². The molecular formula is C16H34O2S. The first kappa shape index (κ1) is 18.9. The second-order valence-electron chi connectivity index (χ2n) is 6.09. The third kappa shape index (κ3) is 5.09. The Morgan fingerprint density at radius 3 is 1.32 bits per heavy atom. The van der Waals surface area contributed by atoms with Gasteiger partial charge in [0, 0.05) is 0 Å². The summed E-state index contributed by atoms with van der Waals surface area (Å²) in [4.78, 5) is 0. The minimum absolute atomic E-state index is 0.252. The molecule has 116 valence electrons. The summed E-state index contributed by atoms with van der Waals surface area (Å²) < 4.78 is 25.3. The summed E-state index contributed by atoms with van der Waals surface area (Å²) in [5.74, 6) is 0. The third-order valence-electron chi connectivity index (χ3n) is 4.18. The van der Waals surface area contributed by atoms with Gasteiger partial charge in [0.25, 0.3) is 0 Å². The van der Waals surface area contributed by atoms with Crippen LogP contribution in [-0.2, 0) is 9.84 Å². The Morgan fingerprint density at radius 2 is 1.11 bits per heavy atom. The molecular weight excluding hydrogens is 256 g/mol. The van der Waals surface area contributed by atoms with Gasteiger partial charge in [-0.2, -0.15) is 0 Å². The van der Waals surface area contributed by atoms with Crippen molar-refractivity contribution in [2.24, 2.45) is 0 Å². The smallest absolute Gasteiger partial charge is 0.158 e. The molecule has 0 aliphatic rings. The molecule has 0 aromatic rings. The fourth-order valence-electron chi connectivity index (χ4n) is 2.80. The van der Waals surface area contributed by atoms with Crippen LogP contribution >= 0.6 is 0 Å². The molecule has 0 unspecified atom stereocenters. The molecule has 0 fully saturated rings. The van der Waals surface area contributed by atoms with Crippen LogP contribution in [-0.4, -0.2) is 18.4 Å². The highest BCUT2D eigenvalue weighted by atomic mass is 32.2. The summed E-state index contributed by atoms with van der Waals surface area (Å²) >= 11 is 0. The average Bonchev–Trinajstić information content (AvgIpc) is 2.37. The van der Waals surface area contributed by atoms with Crippen molar-refractivity contribution in [3.63, 3.8) is 0 Å². The monoisotopic (exact) mass is 290 g/mol. The van der Waals surface area contributed by atoms with Crippen LogP contribution in [0.4, 0.5) is 0 Å². The Kier molecular flexibility index (Phi) is 8.97. The predicted octanol–water partition coefficient (Wildman–Crippen LogP) is 5.12. The quantitative estimate of drug-likeness (QED) is 0.529. The van der Waals surface area contributed by atoms with E-state index in [0.29, 0.717) is 0 Å². The first-order chi connectivity index (χ1) is 8.88. The van der Waals surface area contributed by atoms with Gasteiger partial charge in [-0.15, -0.1) is 0 Å². The molecule has 0 saturated carbocycles. The fourth-order valence-corrected chi connectivity index (χ4v) is 5.09. The molecule has 0 amide bonds. The van der Waals surface area contributed by atoms with Crippen molar-refractivity contribution in [1.82, 2.24) is 0 Å². The average molecular weight is 291 g/mol. The lowest BCUT2D eigenvalue weighted by atomic mass is 9.90. The molecule has 0 heterocycles. The van der Waals surface area contributed by atoms with Gasteiger partial charge in [-0.1, -0.05) is 59.3 Å². The topological polar surface area (TPSA) is 34.1 Å². The first-order valence-corrected chi connectivity index (χ1v) is 9.66. The van der Waals surface area contributed by atoms with Crippen LogP contribution in [0.1, 0.15) is 92.4 Å². The largest absolute Gasteiger partial charge is 0.228 e. The molecule has 0 radical (unpaired) electrons. The van der Waals surface area contributed by atoms with Crippen molar-refractivity contribution in [3.8, 4) is 0 Å². The van der Waals surface area contributed by atoms with Crippen molar-refractivity contribution in [3.05, 3.63) is 0 Å². The Balaban J connectivity index is 5.32. The highest BCUT2D eigenvalue weighted by Crippen LogP contribution is 2.37. The van der Waals surface area contributed by atoms with Crippen LogP contribution in [0.25, 0.3) is 0 Å². The van der Waals surface area contributed by atoms with Gasteiger partial charge in [-0.25, -0.2) is 8.42 Å². The fraction of sp³-hybridized carbons (Fsp3) is 1.00. The van der Waals surface area contributed by atoms with E-state index in [9.17, 15) is 8.42 Å². The molecule has 19 heavy (non-hydrogen) atoms. The number of sulfone groups is 1. The standard InChI is InChI=1S/C16H34O2S/c1-6-9-12-16(13-10-7-2,14-11-8-3)19(17,18)15(4)5/h15H,6-14H2,1-5H3. The maximum atomic E-state index is 12.9. The van der Waals surface area contributed by atoms with Crippen molar-refractivity contribution in [1.29, 1.82) is 0 Å². The van der Waals surface area contributed by atoms with E-state index in [1.807, 2.05) is 13.8 Å². The zero-order valence-electron chi connectivity index (χ0n) is 13.7. The molecule has 0 spiro atoms. The number of unbranched alkanes of at least 4 members (excludes halogenated alkanes) is 3. The zero-order chi connectivity index (χ0) is 14.9. The normalized spacial score (nSPS) is 13.2. The summed E-state index contributed by atoms with van der Waals surface area (Å²) in [7, 11) is -3.02. The van der Waals surface area contributed by atoms with Crippen molar-refractivity contribution in [2.45, 2.75) is 102 Å². The van der Waals surface area contributed by atoms with E-state index < -0.39 is 14.6 Å². The van der Waals surface area contributed by atoms with E-state index in [-0.39, 0.29) is 5.25 Å². The van der Waals surface area contributed by atoms with Crippen molar-refractivity contribution >= 4 is 9.84 Å². The maximum Gasteiger partial charge on any atom is 0.158 e. The molecule has 0 rings (SSSR count). The molecule has 0 aliphatic heterocycles. The molecule has 3 heteroatoms. The first-order valence-electron chi connectivity index (χ1n) is 8.11. The van der Waals surface area contributed by atoms with Crippen LogP contribution in [0.5, 0.6) is 0 Å². The summed E-state index contributed by atoms with van der Waals surface area (Å²) in [6, 6.07) is 0. The SMILES string of the molecule is CCCCC(CCCC)(CCCC)S(=O)(=O)C(C)C. The second-order valence-corrected chi connectivity index (χ2v) is 8.99. The van der Waals surface area contributed by atoms with Gasteiger partial charge in [-0.05, 0) is 33.1 Å². The highest BCUT2D eigenvalue weighted by Gasteiger charge is 2.43. The van der Waals surface area contributed by atoms with Gasteiger partial charge in [0.15, 0.2) is 9.84 Å². The minimum Gasteiger partial charge on any atom is -0.228 e. The van der Waals surface area contributed by atoms with E-state index in [4.69, 9.17) is 0 Å². The molecule has 2 nitrogen and oxygen atoms in total. The Morgan fingerprint density at radius 1 is 0.789 bits per heavy atom. The number of rotatable bonds is 11. The van der Waals surface area contributed by atoms with Crippen LogP contribution < -0.4 is 0 Å². The van der Waals surface area contributed by atoms with E-state index in [1.54, 1.807) is 0 Å². The Labute approximate surface area is 121 Å². The lowest BCUT2D eigenvalue weighted by molar-refractivity contribution is 0.390. The lowest BCUT2D eigenvalue weighted by Crippen LogP contribution is -2.43. The van der Waals surface area contributed by atoms with Crippen LogP contribution in [0, 0.1) is 0 Å². The minimum atomic E-state index is -3.02. The summed E-state index contributed by atoms with van der Waals surface area (Å²) in [5.41, 5.74) is 0. The van der Waals surface area contributed by atoms with Gasteiger partial charge in [0.1, 0.15) is 0 Å².